The Balaban J connectivity index is 0.000000527. The van der Waals surface area contributed by atoms with E-state index in [2.05, 4.69) is 16.8 Å². The predicted molar refractivity (Wildman–Crippen MR) is 101 cm³/mol. The highest BCUT2D eigenvalue weighted by Crippen LogP contribution is 2.19. The van der Waals surface area contributed by atoms with Crippen LogP contribution in [0, 0.1) is 0 Å². The van der Waals surface area contributed by atoms with E-state index in [1.165, 1.54) is 0 Å². The number of nitrogens with zero attached hydrogens (tertiary/aromatic N) is 3. The number of carboxylic acids is 2. The third kappa shape index (κ3) is 8.11. The van der Waals surface area contributed by atoms with Gasteiger partial charge in [-0.05, 0) is 24.3 Å². The summed E-state index contributed by atoms with van der Waals surface area (Å²) in [4.78, 5) is 18.2. The van der Waals surface area contributed by atoms with Crippen molar-refractivity contribution in [1.82, 2.24) is 14.8 Å². The zero-order chi connectivity index (χ0) is 20.2. The maximum Gasteiger partial charge on any atom is 0.414 e. The van der Waals surface area contributed by atoms with E-state index in [9.17, 15) is 0 Å². The normalized spacial score (nSPS) is 9.85. The molecule has 0 bridgehead atoms. The number of nitrogens with two attached hydrogens (primary N) is 1. The number of halogens is 1. The maximum absolute atomic E-state index is 9.10. The van der Waals surface area contributed by atoms with Gasteiger partial charge in [0.05, 0.1) is 0 Å². The summed E-state index contributed by atoms with van der Waals surface area (Å²) in [5.41, 5.74) is 5.52. The Morgan fingerprint density at radius 1 is 1.26 bits per heavy atom. The number of benzene rings is 1. The Bertz CT molecular complexity index is 755. The number of allylic oxidation sites excluding steroid dienone is 1. The first-order valence-corrected chi connectivity index (χ1v) is 8.95. The van der Waals surface area contributed by atoms with Gasteiger partial charge in [-0.25, -0.2) is 9.59 Å². The van der Waals surface area contributed by atoms with E-state index in [1.807, 2.05) is 22.8 Å². The molecule has 1 aromatic heterocycles. The number of aromatic nitrogens is 3. The summed E-state index contributed by atoms with van der Waals surface area (Å²) in [7, 11) is 0. The van der Waals surface area contributed by atoms with Gasteiger partial charge >= 0.3 is 11.9 Å². The Hall–Kier alpha value is -2.56. The minimum atomic E-state index is -1.82. The van der Waals surface area contributed by atoms with Crippen LogP contribution in [0.1, 0.15) is 5.82 Å². The van der Waals surface area contributed by atoms with Gasteiger partial charge in [-0.1, -0.05) is 29.4 Å². The minimum Gasteiger partial charge on any atom is -0.486 e. The maximum atomic E-state index is 9.10. The van der Waals surface area contributed by atoms with Crippen molar-refractivity contribution in [3.63, 3.8) is 0 Å². The molecule has 0 aliphatic heterocycles. The van der Waals surface area contributed by atoms with E-state index < -0.39 is 11.9 Å². The van der Waals surface area contributed by atoms with E-state index in [-0.39, 0.29) is 0 Å². The number of carboxylic acid groups (broad SMARTS) is 2. The predicted octanol–water partition coefficient (Wildman–Crippen LogP) is 1.90. The highest BCUT2D eigenvalue weighted by atomic mass is 35.5. The second kappa shape index (κ2) is 11.9. The van der Waals surface area contributed by atoms with Gasteiger partial charge in [0, 0.05) is 23.9 Å². The summed E-state index contributed by atoms with van der Waals surface area (Å²) in [6.45, 7) is 5.34. The summed E-state index contributed by atoms with van der Waals surface area (Å²) in [5, 5.41) is 24.6. The fourth-order valence-corrected chi connectivity index (χ4v) is 2.53. The highest BCUT2D eigenvalue weighted by Gasteiger charge is 2.12. The van der Waals surface area contributed by atoms with Crippen LogP contribution in [-0.4, -0.2) is 49.2 Å². The molecule has 0 fully saturated rings. The van der Waals surface area contributed by atoms with Crippen LogP contribution in [0.3, 0.4) is 0 Å². The van der Waals surface area contributed by atoms with Crippen molar-refractivity contribution in [3.05, 3.63) is 47.8 Å². The van der Waals surface area contributed by atoms with E-state index in [4.69, 9.17) is 41.9 Å². The number of ether oxygens (including phenoxy) is 1. The lowest BCUT2D eigenvalue weighted by molar-refractivity contribution is -0.159. The third-order valence-electron chi connectivity index (χ3n) is 2.82. The molecule has 0 radical (unpaired) electrons. The van der Waals surface area contributed by atoms with Gasteiger partial charge < -0.3 is 20.7 Å². The Kier molecular flexibility index (Phi) is 9.94. The van der Waals surface area contributed by atoms with Crippen LogP contribution in [0.15, 0.2) is 42.1 Å². The average Bonchev–Trinajstić information content (AvgIpc) is 3.02. The largest absolute Gasteiger partial charge is 0.486 e. The molecule has 0 saturated heterocycles. The number of hydrogen-bond donors (Lipinski definition) is 3. The van der Waals surface area contributed by atoms with Crippen molar-refractivity contribution in [3.8, 4) is 5.75 Å². The number of hydrogen-bond acceptors (Lipinski definition) is 7. The fraction of sp³-hybridized carbons (Fsp3) is 0.250. The molecule has 0 aliphatic carbocycles. The van der Waals surface area contributed by atoms with Crippen molar-refractivity contribution in [1.29, 1.82) is 0 Å². The molecule has 0 atom stereocenters. The van der Waals surface area contributed by atoms with E-state index >= 15 is 0 Å². The number of thioether (sulfide) groups is 1. The highest BCUT2D eigenvalue weighted by molar-refractivity contribution is 7.99. The lowest BCUT2D eigenvalue weighted by Gasteiger charge is -2.09. The van der Waals surface area contributed by atoms with E-state index in [1.54, 1.807) is 23.9 Å². The Morgan fingerprint density at radius 3 is 2.41 bits per heavy atom. The Morgan fingerprint density at radius 2 is 1.89 bits per heavy atom. The van der Waals surface area contributed by atoms with Gasteiger partial charge in [0.15, 0.2) is 11.0 Å². The van der Waals surface area contributed by atoms with Crippen molar-refractivity contribution < 1.29 is 24.5 Å². The molecule has 0 spiro atoms. The van der Waals surface area contributed by atoms with E-state index in [0.717, 1.165) is 22.5 Å². The van der Waals surface area contributed by atoms with Gasteiger partial charge in [-0.3, -0.25) is 4.57 Å². The van der Waals surface area contributed by atoms with Crippen LogP contribution < -0.4 is 10.5 Å². The molecule has 146 valence electrons. The summed E-state index contributed by atoms with van der Waals surface area (Å²) in [6.07, 6.45) is 1.81. The molecule has 4 N–H and O–H groups in total. The molecular weight excluding hydrogens is 396 g/mol. The van der Waals surface area contributed by atoms with Crippen LogP contribution >= 0.6 is 23.4 Å². The van der Waals surface area contributed by atoms with Gasteiger partial charge in [-0.2, -0.15) is 0 Å². The van der Waals surface area contributed by atoms with Gasteiger partial charge in [0.1, 0.15) is 12.4 Å². The topological polar surface area (TPSA) is 141 Å². The molecule has 0 amide bonds. The first-order chi connectivity index (χ1) is 12.9. The molecule has 0 aliphatic rings. The summed E-state index contributed by atoms with van der Waals surface area (Å²) in [6, 6.07) is 7.21. The number of aliphatic carboxylic acids is 2. The Labute approximate surface area is 164 Å². The zero-order valence-electron chi connectivity index (χ0n) is 14.2. The number of rotatable bonds is 8. The molecule has 27 heavy (non-hydrogen) atoms. The van der Waals surface area contributed by atoms with Crippen LogP contribution in [0.5, 0.6) is 5.75 Å². The van der Waals surface area contributed by atoms with Crippen LogP contribution in [0.2, 0.25) is 5.02 Å². The first kappa shape index (κ1) is 22.5. The third-order valence-corrected chi connectivity index (χ3v) is 4.07. The molecule has 9 nitrogen and oxygen atoms in total. The molecule has 0 unspecified atom stereocenters. The lowest BCUT2D eigenvalue weighted by Crippen LogP contribution is -2.09. The summed E-state index contributed by atoms with van der Waals surface area (Å²) in [5.74, 6) is -1.36. The van der Waals surface area contributed by atoms with Crippen molar-refractivity contribution in [2.45, 2.75) is 18.3 Å². The van der Waals surface area contributed by atoms with Crippen molar-refractivity contribution in [2.75, 3.05) is 12.3 Å². The van der Waals surface area contributed by atoms with Crippen LogP contribution in [0.4, 0.5) is 0 Å². The quantitative estimate of drug-likeness (QED) is 0.335. The minimum absolute atomic E-state index is 0.339. The average molecular weight is 415 g/mol. The molecule has 1 aromatic carbocycles. The molecule has 1 heterocycles. The van der Waals surface area contributed by atoms with Crippen LogP contribution in [-0.2, 0) is 22.7 Å². The monoisotopic (exact) mass is 414 g/mol. The summed E-state index contributed by atoms with van der Waals surface area (Å²) >= 11 is 7.42. The van der Waals surface area contributed by atoms with Crippen LogP contribution in [0.25, 0.3) is 0 Å². The molecule has 2 rings (SSSR count). The molecule has 11 heteroatoms. The smallest absolute Gasteiger partial charge is 0.414 e. The molecule has 0 saturated carbocycles. The van der Waals surface area contributed by atoms with Gasteiger partial charge in [0.2, 0.25) is 0 Å². The molecular formula is C16H19ClN4O5S. The molecule has 2 aromatic rings. The zero-order valence-corrected chi connectivity index (χ0v) is 15.8. The van der Waals surface area contributed by atoms with E-state index in [0.29, 0.717) is 24.7 Å². The second-order valence-corrected chi connectivity index (χ2v) is 6.29. The van der Waals surface area contributed by atoms with Gasteiger partial charge in [-0.15, -0.1) is 16.8 Å². The standard InChI is InChI=1S/C14H17ClN4OS.C2H2O4/c1-2-8-19-13(17-18-14(19)21-9-7-16)10-20-12-5-3-11(15)4-6-12;3-1(4)2(5)6/h2-6H,1,7-10,16H2;(H,3,4)(H,5,6). The van der Waals surface area contributed by atoms with Crippen molar-refractivity contribution in [2.24, 2.45) is 5.73 Å². The lowest BCUT2D eigenvalue weighted by atomic mass is 10.3. The SMILES string of the molecule is C=CCn1c(COc2ccc(Cl)cc2)nnc1SCCN.O=C(O)C(=O)O. The first-order valence-electron chi connectivity index (χ1n) is 7.59. The van der Waals surface area contributed by atoms with Crippen molar-refractivity contribution >= 4 is 35.3 Å². The van der Waals surface area contributed by atoms with Gasteiger partial charge in [0.25, 0.3) is 0 Å². The number of carbonyl (C=O) groups is 2. The fourth-order valence-electron chi connectivity index (χ4n) is 1.67. The second-order valence-electron chi connectivity index (χ2n) is 4.79. The summed E-state index contributed by atoms with van der Waals surface area (Å²) < 4.78 is 7.68.